The molecule has 0 radical (unpaired) electrons. The number of carbonyl (C=O) groups excluding carboxylic acids is 1. The number of methoxy groups -OCH3 is 1. The van der Waals surface area contributed by atoms with Gasteiger partial charge in [-0.05, 0) is 12.1 Å². The maximum Gasteiger partial charge on any atom is 0.356 e. The first-order valence-corrected chi connectivity index (χ1v) is 5.29. The van der Waals surface area contributed by atoms with E-state index in [1.807, 2.05) is 24.3 Å². The van der Waals surface area contributed by atoms with Crippen LogP contribution in [-0.2, 0) is 4.74 Å². The molecule has 0 aliphatic carbocycles. The van der Waals surface area contributed by atoms with E-state index < -0.39 is 5.97 Å². The van der Waals surface area contributed by atoms with E-state index in [1.54, 1.807) is 0 Å². The first-order chi connectivity index (χ1) is 8.70. The summed E-state index contributed by atoms with van der Waals surface area (Å²) in [7, 11) is 1.25. The van der Waals surface area contributed by atoms with Crippen molar-refractivity contribution in [2.45, 2.75) is 0 Å². The minimum absolute atomic E-state index is 0.00672. The molecule has 0 unspecified atom stereocenters. The second-order valence-electron chi connectivity index (χ2n) is 3.79. The number of hydrogen-bond acceptors (Lipinski definition) is 4. The minimum atomic E-state index is -0.625. The summed E-state index contributed by atoms with van der Waals surface area (Å²) in [4.78, 5) is 27.4. The highest BCUT2D eigenvalue weighted by atomic mass is 16.5. The van der Waals surface area contributed by atoms with E-state index in [0.717, 1.165) is 17.0 Å². The van der Waals surface area contributed by atoms with Crippen LogP contribution in [0.15, 0.2) is 35.1 Å². The van der Waals surface area contributed by atoms with Gasteiger partial charge in [0, 0.05) is 11.5 Å². The number of benzene rings is 1. The van der Waals surface area contributed by atoms with Crippen LogP contribution in [0.1, 0.15) is 10.5 Å². The Labute approximate surface area is 101 Å². The number of aromatic amines is 1. The molecule has 0 aliphatic rings. The van der Waals surface area contributed by atoms with Gasteiger partial charge in [0.05, 0.1) is 12.6 Å². The Morgan fingerprint density at radius 3 is 2.94 bits per heavy atom. The number of rotatable bonds is 1. The summed E-state index contributed by atoms with van der Waals surface area (Å²) in [6.45, 7) is 0. The van der Waals surface area contributed by atoms with Crippen LogP contribution in [0.2, 0.25) is 0 Å². The Kier molecular flexibility index (Phi) is 2.16. The van der Waals surface area contributed by atoms with Gasteiger partial charge in [0.2, 0.25) is 0 Å². The molecule has 3 rings (SSSR count). The van der Waals surface area contributed by atoms with E-state index >= 15 is 0 Å². The summed E-state index contributed by atoms with van der Waals surface area (Å²) < 4.78 is 5.87. The number of ether oxygens (including phenoxy) is 1. The minimum Gasteiger partial charge on any atom is -0.464 e. The van der Waals surface area contributed by atoms with Crippen molar-refractivity contribution in [1.82, 2.24) is 14.6 Å². The number of fused-ring (bicyclic) bond motifs is 3. The highest BCUT2D eigenvalue weighted by Crippen LogP contribution is 2.16. The lowest BCUT2D eigenvalue weighted by molar-refractivity contribution is 0.0594. The van der Waals surface area contributed by atoms with E-state index in [4.69, 9.17) is 0 Å². The summed E-state index contributed by atoms with van der Waals surface area (Å²) in [6, 6.07) is 8.50. The lowest BCUT2D eigenvalue weighted by atomic mass is 10.2. The molecule has 0 aliphatic heterocycles. The maximum atomic E-state index is 11.9. The van der Waals surface area contributed by atoms with Crippen LogP contribution in [0.3, 0.4) is 0 Å². The fourth-order valence-electron chi connectivity index (χ4n) is 1.88. The van der Waals surface area contributed by atoms with Gasteiger partial charge < -0.3 is 4.74 Å². The predicted octanol–water partition coefficient (Wildman–Crippen LogP) is 0.962. The van der Waals surface area contributed by atoms with Crippen LogP contribution >= 0.6 is 0 Å². The van der Waals surface area contributed by atoms with Gasteiger partial charge >= 0.3 is 5.97 Å². The van der Waals surface area contributed by atoms with Crippen LogP contribution < -0.4 is 5.56 Å². The zero-order valence-electron chi connectivity index (χ0n) is 9.51. The van der Waals surface area contributed by atoms with Crippen LogP contribution in [0, 0.1) is 0 Å². The normalized spacial score (nSPS) is 10.9. The van der Waals surface area contributed by atoms with Crippen molar-refractivity contribution in [3.05, 3.63) is 46.4 Å². The van der Waals surface area contributed by atoms with Gasteiger partial charge in [0.1, 0.15) is 0 Å². The lowest BCUT2D eigenvalue weighted by Gasteiger charge is -1.98. The first-order valence-electron chi connectivity index (χ1n) is 5.29. The van der Waals surface area contributed by atoms with Crippen LogP contribution in [-0.4, -0.2) is 27.7 Å². The molecule has 0 bridgehead atoms. The molecule has 0 saturated carbocycles. The highest BCUT2D eigenvalue weighted by molar-refractivity contribution is 5.94. The van der Waals surface area contributed by atoms with Crippen molar-refractivity contribution in [1.29, 1.82) is 0 Å². The highest BCUT2D eigenvalue weighted by Gasteiger charge is 2.13. The molecule has 0 atom stereocenters. The van der Waals surface area contributed by atoms with E-state index in [-0.39, 0.29) is 11.3 Å². The monoisotopic (exact) mass is 243 g/mol. The standard InChI is InChI=1S/C12H9N3O3/c1-18-12(17)9-6-10(16)15-11(13-9)7-4-2-3-5-8(7)14-15/h2-6,14H,1H3. The summed E-state index contributed by atoms with van der Waals surface area (Å²) in [5, 5.41) is 3.70. The molecular formula is C12H9N3O3. The smallest absolute Gasteiger partial charge is 0.356 e. The fraction of sp³-hybridized carbons (Fsp3) is 0.0833. The molecule has 0 spiro atoms. The number of esters is 1. The number of H-pyrrole nitrogens is 1. The van der Waals surface area contributed by atoms with Crippen LogP contribution in [0.4, 0.5) is 0 Å². The van der Waals surface area contributed by atoms with Crippen LogP contribution in [0.25, 0.3) is 16.6 Å². The van der Waals surface area contributed by atoms with Gasteiger partial charge in [0.25, 0.3) is 5.56 Å². The Bertz CT molecular complexity index is 816. The number of aromatic nitrogens is 3. The average Bonchev–Trinajstić information content (AvgIpc) is 2.77. The lowest BCUT2D eigenvalue weighted by Crippen LogP contribution is -2.18. The Morgan fingerprint density at radius 2 is 2.17 bits per heavy atom. The molecule has 2 aromatic heterocycles. The van der Waals surface area contributed by atoms with E-state index in [9.17, 15) is 9.59 Å². The number of carbonyl (C=O) groups is 1. The van der Waals surface area contributed by atoms with Crippen molar-refractivity contribution >= 4 is 22.5 Å². The summed E-state index contributed by atoms with van der Waals surface area (Å²) >= 11 is 0. The Morgan fingerprint density at radius 1 is 1.39 bits per heavy atom. The van der Waals surface area contributed by atoms with Crippen LogP contribution in [0.5, 0.6) is 0 Å². The van der Waals surface area contributed by atoms with Crippen molar-refractivity contribution in [3.8, 4) is 0 Å². The second kappa shape index (κ2) is 3.69. The van der Waals surface area contributed by atoms with Crippen molar-refractivity contribution < 1.29 is 9.53 Å². The van der Waals surface area contributed by atoms with Gasteiger partial charge in [-0.25, -0.2) is 14.3 Å². The van der Waals surface area contributed by atoms with Crippen molar-refractivity contribution in [2.75, 3.05) is 7.11 Å². The maximum absolute atomic E-state index is 11.9. The summed E-state index contributed by atoms with van der Waals surface area (Å²) in [6.07, 6.45) is 0. The number of nitrogens with one attached hydrogen (secondary N) is 1. The molecule has 1 N–H and O–H groups in total. The predicted molar refractivity (Wildman–Crippen MR) is 64.7 cm³/mol. The quantitative estimate of drug-likeness (QED) is 0.646. The Balaban J connectivity index is 2.44. The molecule has 6 nitrogen and oxygen atoms in total. The summed E-state index contributed by atoms with van der Waals surface area (Å²) in [5.74, 6) is -0.625. The SMILES string of the molecule is COC(=O)c1cc(=O)n2[nH]c3ccccc3c2n1. The van der Waals surface area contributed by atoms with E-state index in [0.29, 0.717) is 5.65 Å². The fourth-order valence-corrected chi connectivity index (χ4v) is 1.88. The van der Waals surface area contributed by atoms with Crippen molar-refractivity contribution in [2.24, 2.45) is 0 Å². The molecule has 2 heterocycles. The number of hydrogen-bond donors (Lipinski definition) is 1. The molecule has 0 fully saturated rings. The third-order valence-electron chi connectivity index (χ3n) is 2.71. The van der Waals surface area contributed by atoms with E-state index in [1.165, 1.54) is 11.6 Å². The largest absolute Gasteiger partial charge is 0.464 e. The zero-order chi connectivity index (χ0) is 12.7. The zero-order valence-corrected chi connectivity index (χ0v) is 9.51. The molecule has 6 heteroatoms. The molecule has 0 saturated heterocycles. The summed E-state index contributed by atoms with van der Waals surface area (Å²) in [5.41, 5.74) is 0.853. The van der Waals surface area contributed by atoms with Crippen molar-refractivity contribution in [3.63, 3.8) is 0 Å². The van der Waals surface area contributed by atoms with Gasteiger partial charge in [-0.3, -0.25) is 9.89 Å². The van der Waals surface area contributed by atoms with E-state index in [2.05, 4.69) is 14.8 Å². The Hall–Kier alpha value is -2.63. The van der Waals surface area contributed by atoms with Gasteiger partial charge in [0.15, 0.2) is 11.3 Å². The molecule has 1 aromatic carbocycles. The van der Waals surface area contributed by atoms with Gasteiger partial charge in [-0.2, -0.15) is 0 Å². The average molecular weight is 243 g/mol. The molecule has 18 heavy (non-hydrogen) atoms. The number of nitrogens with zero attached hydrogens (tertiary/aromatic N) is 2. The molecule has 0 amide bonds. The van der Waals surface area contributed by atoms with Gasteiger partial charge in [-0.1, -0.05) is 12.1 Å². The van der Waals surface area contributed by atoms with Gasteiger partial charge in [-0.15, -0.1) is 0 Å². The first kappa shape index (κ1) is 10.5. The topological polar surface area (TPSA) is 76.5 Å². The molecule has 90 valence electrons. The second-order valence-corrected chi connectivity index (χ2v) is 3.79. The number of para-hydroxylation sites is 1. The molecular weight excluding hydrogens is 234 g/mol. The molecule has 3 aromatic rings. The third kappa shape index (κ3) is 1.39. The third-order valence-corrected chi connectivity index (χ3v) is 2.71.